The number of rotatable bonds is 8. The Morgan fingerprint density at radius 1 is 1.11 bits per heavy atom. The number of alkyl carbamates (subject to hydrolysis) is 1. The lowest BCUT2D eigenvalue weighted by molar-refractivity contribution is -0.116. The predicted molar refractivity (Wildman–Crippen MR) is 66.7 cm³/mol. The summed E-state index contributed by atoms with van der Waals surface area (Å²) in [4.78, 5) is 21.5. The first-order chi connectivity index (χ1) is 8.31. The van der Waals surface area contributed by atoms with Crippen molar-refractivity contribution in [2.75, 3.05) is 33.0 Å². The molecule has 0 aliphatic carbocycles. The summed E-state index contributed by atoms with van der Waals surface area (Å²) >= 11 is 5.06. The molecule has 0 unspecified atom stereocenters. The van der Waals surface area contributed by atoms with Gasteiger partial charge >= 0.3 is 6.09 Å². The van der Waals surface area contributed by atoms with Crippen molar-refractivity contribution < 1.29 is 23.8 Å². The summed E-state index contributed by atoms with van der Waals surface area (Å²) in [6.45, 7) is 6.56. The highest BCUT2D eigenvalue weighted by Gasteiger charge is 2.15. The average molecular weight is 282 g/mol. The van der Waals surface area contributed by atoms with Crippen molar-refractivity contribution in [1.29, 1.82) is 0 Å². The van der Waals surface area contributed by atoms with Gasteiger partial charge in [0.1, 0.15) is 12.2 Å². The SMILES string of the molecule is CC(C)(C)OC(=O)NCCOCCOCC(=O)Cl. The highest BCUT2D eigenvalue weighted by atomic mass is 35.5. The van der Waals surface area contributed by atoms with Crippen molar-refractivity contribution in [3.63, 3.8) is 0 Å². The van der Waals surface area contributed by atoms with E-state index in [-0.39, 0.29) is 13.2 Å². The van der Waals surface area contributed by atoms with Crippen molar-refractivity contribution in [3.8, 4) is 0 Å². The third-order valence-electron chi connectivity index (χ3n) is 1.50. The Morgan fingerprint density at radius 2 is 1.72 bits per heavy atom. The average Bonchev–Trinajstić information content (AvgIpc) is 2.18. The van der Waals surface area contributed by atoms with Gasteiger partial charge in [0.2, 0.25) is 5.24 Å². The summed E-state index contributed by atoms with van der Waals surface area (Å²) in [6, 6.07) is 0. The van der Waals surface area contributed by atoms with Crippen LogP contribution in [0, 0.1) is 0 Å². The number of hydrogen-bond acceptors (Lipinski definition) is 5. The zero-order chi connectivity index (χ0) is 14.0. The second kappa shape index (κ2) is 9.13. The molecule has 18 heavy (non-hydrogen) atoms. The van der Waals surface area contributed by atoms with Gasteiger partial charge < -0.3 is 19.5 Å². The van der Waals surface area contributed by atoms with Gasteiger partial charge in [-0.2, -0.15) is 0 Å². The molecule has 0 aromatic carbocycles. The zero-order valence-corrected chi connectivity index (χ0v) is 11.7. The molecule has 0 saturated carbocycles. The maximum atomic E-state index is 11.2. The van der Waals surface area contributed by atoms with E-state index in [1.54, 1.807) is 20.8 Å². The van der Waals surface area contributed by atoms with Gasteiger partial charge in [-0.3, -0.25) is 4.79 Å². The molecule has 0 heterocycles. The molecule has 7 heteroatoms. The van der Waals surface area contributed by atoms with Crippen molar-refractivity contribution in [2.24, 2.45) is 0 Å². The fourth-order valence-electron chi connectivity index (χ4n) is 0.912. The van der Waals surface area contributed by atoms with E-state index in [1.165, 1.54) is 0 Å². The van der Waals surface area contributed by atoms with Crippen LogP contribution in [0.25, 0.3) is 0 Å². The van der Waals surface area contributed by atoms with Gasteiger partial charge in [0.15, 0.2) is 0 Å². The van der Waals surface area contributed by atoms with Crippen LogP contribution in [0.15, 0.2) is 0 Å². The van der Waals surface area contributed by atoms with Crippen LogP contribution in [0.4, 0.5) is 4.79 Å². The van der Waals surface area contributed by atoms with Gasteiger partial charge in [-0.25, -0.2) is 4.79 Å². The summed E-state index contributed by atoms with van der Waals surface area (Å²) < 4.78 is 15.0. The van der Waals surface area contributed by atoms with Crippen molar-refractivity contribution >= 4 is 22.9 Å². The summed E-state index contributed by atoms with van der Waals surface area (Å²) in [5.41, 5.74) is -0.507. The highest BCUT2D eigenvalue weighted by Crippen LogP contribution is 2.05. The van der Waals surface area contributed by atoms with E-state index in [9.17, 15) is 9.59 Å². The quantitative estimate of drug-likeness (QED) is 0.536. The molecule has 0 atom stereocenters. The summed E-state index contributed by atoms with van der Waals surface area (Å²) in [5.74, 6) is 0. The first-order valence-corrected chi connectivity index (χ1v) is 6.00. The Labute approximate surface area is 112 Å². The van der Waals surface area contributed by atoms with Gasteiger partial charge in [0.25, 0.3) is 0 Å². The minimum atomic E-state index is -0.540. The molecule has 0 aromatic heterocycles. The second-order valence-electron chi connectivity index (χ2n) is 4.45. The molecule has 1 N–H and O–H groups in total. The topological polar surface area (TPSA) is 73.9 Å². The molecular weight excluding hydrogens is 262 g/mol. The number of hydrogen-bond donors (Lipinski definition) is 1. The second-order valence-corrected chi connectivity index (χ2v) is 4.87. The summed E-state index contributed by atoms with van der Waals surface area (Å²) in [7, 11) is 0. The number of halogens is 1. The first-order valence-electron chi connectivity index (χ1n) is 5.62. The van der Waals surface area contributed by atoms with Crippen LogP contribution < -0.4 is 5.32 Å². The lowest BCUT2D eigenvalue weighted by Gasteiger charge is -2.19. The van der Waals surface area contributed by atoms with Crippen molar-refractivity contribution in [1.82, 2.24) is 5.32 Å². The van der Waals surface area contributed by atoms with Gasteiger partial charge in [-0.05, 0) is 32.4 Å². The number of nitrogens with one attached hydrogen (secondary N) is 1. The molecule has 0 aliphatic heterocycles. The minimum Gasteiger partial charge on any atom is -0.444 e. The van der Waals surface area contributed by atoms with E-state index in [0.717, 1.165) is 0 Å². The van der Waals surface area contributed by atoms with Crippen LogP contribution in [0.2, 0.25) is 0 Å². The van der Waals surface area contributed by atoms with Gasteiger partial charge in [0, 0.05) is 6.54 Å². The molecular formula is C11H20ClNO5. The third kappa shape index (κ3) is 13.2. The van der Waals surface area contributed by atoms with Gasteiger partial charge in [0.05, 0.1) is 19.8 Å². The normalized spacial score (nSPS) is 11.1. The lowest BCUT2D eigenvalue weighted by atomic mass is 10.2. The van der Waals surface area contributed by atoms with Crippen molar-refractivity contribution in [2.45, 2.75) is 26.4 Å². The van der Waals surface area contributed by atoms with Crippen LogP contribution in [0.5, 0.6) is 0 Å². The molecule has 0 radical (unpaired) electrons. The van der Waals surface area contributed by atoms with Crippen LogP contribution >= 0.6 is 11.6 Å². The molecule has 6 nitrogen and oxygen atoms in total. The standard InChI is InChI=1S/C11H20ClNO5/c1-11(2,3)18-10(15)13-4-5-16-6-7-17-8-9(12)14/h4-8H2,1-3H3,(H,13,15). The van der Waals surface area contributed by atoms with E-state index in [4.69, 9.17) is 25.8 Å². The molecule has 0 aromatic rings. The van der Waals surface area contributed by atoms with E-state index in [2.05, 4.69) is 5.32 Å². The fraction of sp³-hybridized carbons (Fsp3) is 0.818. The Balaban J connectivity index is 3.30. The van der Waals surface area contributed by atoms with E-state index >= 15 is 0 Å². The van der Waals surface area contributed by atoms with Crippen LogP contribution in [0.3, 0.4) is 0 Å². The molecule has 0 spiro atoms. The molecule has 0 rings (SSSR count). The number of carbonyl (C=O) groups is 2. The number of ether oxygens (including phenoxy) is 3. The Hall–Kier alpha value is -0.850. The monoisotopic (exact) mass is 281 g/mol. The molecule has 1 amide bonds. The lowest BCUT2D eigenvalue weighted by Crippen LogP contribution is -2.34. The molecule has 0 fully saturated rings. The van der Waals surface area contributed by atoms with E-state index in [1.807, 2.05) is 0 Å². The Bertz CT molecular complexity index is 265. The summed E-state index contributed by atoms with van der Waals surface area (Å²) in [5, 5.41) is 2.01. The number of carbonyl (C=O) groups excluding carboxylic acids is 2. The molecule has 0 aliphatic rings. The Morgan fingerprint density at radius 3 is 2.28 bits per heavy atom. The fourth-order valence-corrected chi connectivity index (χ4v) is 0.989. The van der Waals surface area contributed by atoms with E-state index in [0.29, 0.717) is 19.8 Å². The highest BCUT2D eigenvalue weighted by molar-refractivity contribution is 6.63. The van der Waals surface area contributed by atoms with E-state index < -0.39 is 16.9 Å². The zero-order valence-electron chi connectivity index (χ0n) is 11.0. The first kappa shape index (κ1) is 17.2. The smallest absolute Gasteiger partial charge is 0.407 e. The summed E-state index contributed by atoms with van der Waals surface area (Å²) in [6.07, 6.45) is -0.477. The number of amides is 1. The minimum absolute atomic E-state index is 0.124. The van der Waals surface area contributed by atoms with Crippen LogP contribution in [0.1, 0.15) is 20.8 Å². The molecule has 0 saturated heterocycles. The molecule has 0 bridgehead atoms. The third-order valence-corrected chi connectivity index (χ3v) is 1.61. The molecule has 106 valence electrons. The predicted octanol–water partition coefficient (Wildman–Crippen LogP) is 1.31. The Kier molecular flexibility index (Phi) is 8.70. The maximum absolute atomic E-state index is 11.2. The van der Waals surface area contributed by atoms with Crippen LogP contribution in [-0.2, 0) is 19.0 Å². The largest absolute Gasteiger partial charge is 0.444 e. The maximum Gasteiger partial charge on any atom is 0.407 e. The van der Waals surface area contributed by atoms with Crippen molar-refractivity contribution in [3.05, 3.63) is 0 Å². The van der Waals surface area contributed by atoms with Gasteiger partial charge in [-0.15, -0.1) is 0 Å². The van der Waals surface area contributed by atoms with Gasteiger partial charge in [-0.1, -0.05) is 0 Å². The van der Waals surface area contributed by atoms with Crippen LogP contribution in [-0.4, -0.2) is 49.9 Å².